The number of nitrogens with zero attached hydrogens (tertiary/aromatic N) is 1. The number of rotatable bonds is 6. The Bertz CT molecular complexity index is 969. The largest absolute Gasteiger partial charge is 0.497 e. The van der Waals surface area contributed by atoms with Crippen LogP contribution in [0, 0.1) is 5.82 Å². The Morgan fingerprint density at radius 3 is 2.69 bits per heavy atom. The summed E-state index contributed by atoms with van der Waals surface area (Å²) in [6, 6.07) is 12.8. The summed E-state index contributed by atoms with van der Waals surface area (Å²) in [4.78, 5) is 23.9. The van der Waals surface area contributed by atoms with Crippen LogP contribution < -0.4 is 20.4 Å². The zero-order valence-corrected chi connectivity index (χ0v) is 14.5. The van der Waals surface area contributed by atoms with E-state index in [0.717, 1.165) is 11.8 Å². The number of benzene rings is 2. The molecule has 134 valence electrons. The fourth-order valence-electron chi connectivity index (χ4n) is 2.17. The Kier molecular flexibility index (Phi) is 5.37. The van der Waals surface area contributed by atoms with E-state index in [9.17, 15) is 14.0 Å². The molecule has 2 aromatic carbocycles. The number of methoxy groups -OCH3 is 1. The van der Waals surface area contributed by atoms with Crippen LogP contribution in [-0.4, -0.2) is 24.0 Å². The van der Waals surface area contributed by atoms with Crippen LogP contribution in [0.15, 0.2) is 62.9 Å². The van der Waals surface area contributed by atoms with Gasteiger partial charge in [-0.3, -0.25) is 9.32 Å². The number of hydrogen-bond donors (Lipinski definition) is 2. The van der Waals surface area contributed by atoms with Crippen LogP contribution in [0.5, 0.6) is 5.75 Å². The lowest BCUT2D eigenvalue weighted by molar-refractivity contribution is -0.704. The van der Waals surface area contributed by atoms with E-state index in [-0.39, 0.29) is 16.5 Å². The minimum absolute atomic E-state index is 0.0854. The summed E-state index contributed by atoms with van der Waals surface area (Å²) < 4.78 is 24.9. The number of ether oxygens (including phenoxy) is 1. The summed E-state index contributed by atoms with van der Waals surface area (Å²) in [6.45, 7) is 0. The Labute approximate surface area is 151 Å². The summed E-state index contributed by atoms with van der Waals surface area (Å²) >= 11 is 0.978. The Morgan fingerprint density at radius 1 is 1.27 bits per heavy atom. The van der Waals surface area contributed by atoms with Gasteiger partial charge in [-0.1, -0.05) is 12.1 Å². The van der Waals surface area contributed by atoms with Crippen molar-refractivity contribution in [3.8, 4) is 11.4 Å². The number of H-pyrrole nitrogens is 1. The molecule has 0 unspecified atom stereocenters. The van der Waals surface area contributed by atoms with Gasteiger partial charge in [0.15, 0.2) is 0 Å². The molecule has 0 saturated heterocycles. The van der Waals surface area contributed by atoms with Gasteiger partial charge in [0.05, 0.1) is 18.6 Å². The number of nitrogens with one attached hydrogen (secondary N) is 2. The Balaban J connectivity index is 1.72. The normalized spacial score (nSPS) is 10.5. The highest BCUT2D eigenvalue weighted by Gasteiger charge is 2.25. The van der Waals surface area contributed by atoms with E-state index in [0.29, 0.717) is 11.4 Å². The Hall–Kier alpha value is -3.07. The van der Waals surface area contributed by atoms with Crippen molar-refractivity contribution in [1.29, 1.82) is 0 Å². The van der Waals surface area contributed by atoms with E-state index in [2.05, 4.69) is 10.6 Å². The molecule has 2 N–H and O–H groups in total. The van der Waals surface area contributed by atoms with Crippen molar-refractivity contribution in [3.63, 3.8) is 0 Å². The van der Waals surface area contributed by atoms with E-state index in [4.69, 9.17) is 9.26 Å². The third-order valence-corrected chi connectivity index (χ3v) is 4.46. The van der Waals surface area contributed by atoms with Crippen LogP contribution in [0.4, 0.5) is 10.1 Å². The average Bonchev–Trinajstić information content (AvgIpc) is 3.02. The number of amides is 1. The summed E-state index contributed by atoms with van der Waals surface area (Å²) in [5.41, 5.74) is 0.111. The summed E-state index contributed by atoms with van der Waals surface area (Å²) in [5, 5.41) is 5.14. The smallest absolute Gasteiger partial charge is 0.442 e. The van der Waals surface area contributed by atoms with Gasteiger partial charge in [0.25, 0.3) is 0 Å². The maximum atomic E-state index is 13.6. The third-order valence-electron chi connectivity index (χ3n) is 3.43. The predicted octanol–water partition coefficient (Wildman–Crippen LogP) is 2.12. The van der Waals surface area contributed by atoms with Gasteiger partial charge >= 0.3 is 10.7 Å². The molecule has 0 bridgehead atoms. The molecule has 0 aliphatic rings. The van der Waals surface area contributed by atoms with Crippen molar-refractivity contribution in [2.45, 2.75) is 5.03 Å². The highest BCUT2D eigenvalue weighted by Crippen LogP contribution is 2.16. The average molecular weight is 376 g/mol. The minimum atomic E-state index is -0.607. The first-order chi connectivity index (χ1) is 12.6. The summed E-state index contributed by atoms with van der Waals surface area (Å²) in [6.07, 6.45) is 0. The molecule has 1 amide bonds. The molecule has 1 heterocycles. The molecular formula is C17H15FN3O4S+. The molecule has 1 aromatic heterocycles. The van der Waals surface area contributed by atoms with Crippen molar-refractivity contribution >= 4 is 23.4 Å². The third kappa shape index (κ3) is 3.94. The predicted molar refractivity (Wildman–Crippen MR) is 93.2 cm³/mol. The van der Waals surface area contributed by atoms with Gasteiger partial charge in [0.2, 0.25) is 11.6 Å². The molecule has 3 rings (SSSR count). The van der Waals surface area contributed by atoms with Crippen LogP contribution >= 0.6 is 11.8 Å². The molecule has 0 saturated carbocycles. The molecule has 0 fully saturated rings. The number of anilines is 1. The van der Waals surface area contributed by atoms with Crippen LogP contribution in [0.25, 0.3) is 5.69 Å². The lowest BCUT2D eigenvalue weighted by Gasteiger charge is -2.04. The van der Waals surface area contributed by atoms with E-state index >= 15 is 0 Å². The van der Waals surface area contributed by atoms with E-state index in [1.54, 1.807) is 37.4 Å². The van der Waals surface area contributed by atoms with Crippen LogP contribution in [0.3, 0.4) is 0 Å². The van der Waals surface area contributed by atoms with Gasteiger partial charge in [0.1, 0.15) is 11.6 Å². The molecule has 0 aliphatic carbocycles. The van der Waals surface area contributed by atoms with E-state index in [1.807, 2.05) is 0 Å². The summed E-state index contributed by atoms with van der Waals surface area (Å²) in [7, 11) is 1.55. The fourth-order valence-corrected chi connectivity index (χ4v) is 2.94. The molecule has 0 aliphatic heterocycles. The van der Waals surface area contributed by atoms with Gasteiger partial charge in [-0.2, -0.15) is 0 Å². The second-order valence-electron chi connectivity index (χ2n) is 5.14. The monoisotopic (exact) mass is 376 g/mol. The quantitative estimate of drug-likeness (QED) is 0.508. The minimum Gasteiger partial charge on any atom is -0.497 e. The maximum Gasteiger partial charge on any atom is 0.442 e. The number of aromatic amines is 1. The van der Waals surface area contributed by atoms with Crippen LogP contribution in [-0.2, 0) is 4.79 Å². The highest BCUT2D eigenvalue weighted by molar-refractivity contribution is 7.99. The lowest BCUT2D eigenvalue weighted by atomic mass is 10.3. The Morgan fingerprint density at radius 2 is 2.00 bits per heavy atom. The van der Waals surface area contributed by atoms with Crippen molar-refractivity contribution < 1.29 is 23.1 Å². The molecular weight excluding hydrogens is 361 g/mol. The second-order valence-corrected chi connectivity index (χ2v) is 6.10. The number of aromatic nitrogens is 2. The molecule has 0 spiro atoms. The van der Waals surface area contributed by atoms with Crippen LogP contribution in [0.1, 0.15) is 0 Å². The summed E-state index contributed by atoms with van der Waals surface area (Å²) in [5.74, 6) is -0.395. The number of carbonyl (C=O) groups excluding carboxylic acids is 1. The zero-order valence-electron chi connectivity index (χ0n) is 13.7. The number of thioether (sulfide) groups is 1. The second kappa shape index (κ2) is 7.87. The highest BCUT2D eigenvalue weighted by atomic mass is 32.2. The molecule has 26 heavy (non-hydrogen) atoms. The van der Waals surface area contributed by atoms with Crippen molar-refractivity contribution in [1.82, 2.24) is 5.27 Å². The van der Waals surface area contributed by atoms with Gasteiger partial charge < -0.3 is 10.1 Å². The van der Waals surface area contributed by atoms with Crippen molar-refractivity contribution in [2.75, 3.05) is 18.2 Å². The maximum absolute atomic E-state index is 13.6. The van der Waals surface area contributed by atoms with Crippen molar-refractivity contribution in [2.24, 2.45) is 0 Å². The van der Waals surface area contributed by atoms with E-state index in [1.165, 1.54) is 22.9 Å². The first-order valence-corrected chi connectivity index (χ1v) is 8.52. The van der Waals surface area contributed by atoms with Gasteiger partial charge in [-0.25, -0.2) is 9.18 Å². The molecule has 7 nitrogen and oxygen atoms in total. The number of halogens is 1. The lowest BCUT2D eigenvalue weighted by Crippen LogP contribution is -2.36. The number of hydrogen-bond acceptors (Lipinski definition) is 5. The molecule has 0 radical (unpaired) electrons. The molecule has 9 heteroatoms. The topological polar surface area (TPSA) is 88.2 Å². The zero-order chi connectivity index (χ0) is 18.5. The standard InChI is InChI=1S/C17H14FN3O4S/c1-24-12-8-6-11(7-9-12)21-16(17(23)25-20-21)26-10-15(22)19-14-5-3-2-4-13(14)18/h2-9H,10H2,1H3,(H-,19,20,22,23)/p+1. The van der Waals surface area contributed by atoms with Crippen molar-refractivity contribution in [3.05, 3.63) is 64.8 Å². The van der Waals surface area contributed by atoms with E-state index < -0.39 is 17.3 Å². The molecule has 3 aromatic rings. The fraction of sp³-hybridized carbons (Fsp3) is 0.118. The van der Waals surface area contributed by atoms with Crippen LogP contribution in [0.2, 0.25) is 0 Å². The SMILES string of the molecule is COc1ccc(-[n+]2[nH]oc(=O)c2SCC(=O)Nc2ccccc2F)cc1. The van der Waals surface area contributed by atoms with Gasteiger partial charge in [0, 0.05) is 12.1 Å². The molecule has 0 atom stereocenters. The van der Waals surface area contributed by atoms with Gasteiger partial charge in [-0.05, 0) is 46.0 Å². The number of para-hydroxylation sites is 1. The first kappa shape index (κ1) is 17.7. The number of carbonyl (C=O) groups is 1. The first-order valence-electron chi connectivity index (χ1n) is 7.53. The van der Waals surface area contributed by atoms with Gasteiger partial charge in [-0.15, -0.1) is 0 Å².